The van der Waals surface area contributed by atoms with Crippen LogP contribution in [-0.4, -0.2) is 17.4 Å². The van der Waals surface area contributed by atoms with Gasteiger partial charge in [-0.2, -0.15) is 5.26 Å². The van der Waals surface area contributed by atoms with Gasteiger partial charge in [0.2, 0.25) is 5.91 Å². The van der Waals surface area contributed by atoms with E-state index >= 15 is 0 Å². The van der Waals surface area contributed by atoms with E-state index in [1.165, 1.54) is 0 Å². The van der Waals surface area contributed by atoms with Crippen LogP contribution in [0.25, 0.3) is 0 Å². The lowest BCUT2D eigenvalue weighted by atomic mass is 10.1. The summed E-state index contributed by atoms with van der Waals surface area (Å²) in [6, 6.07) is 2.03. The van der Waals surface area contributed by atoms with Gasteiger partial charge in [-0.3, -0.25) is 4.79 Å². The van der Waals surface area contributed by atoms with E-state index in [9.17, 15) is 4.79 Å². The smallest absolute Gasteiger partial charge is 0.237 e. The van der Waals surface area contributed by atoms with Crippen LogP contribution < -0.4 is 5.32 Å². The van der Waals surface area contributed by atoms with Crippen LogP contribution in [0, 0.1) is 24.2 Å². The summed E-state index contributed by atoms with van der Waals surface area (Å²) in [5.41, 5.74) is 0.997. The maximum Gasteiger partial charge on any atom is 0.237 e. The van der Waals surface area contributed by atoms with Gasteiger partial charge in [0.1, 0.15) is 5.92 Å². The number of aryl methyl sites for hydroxylation is 1. The van der Waals surface area contributed by atoms with Gasteiger partial charge in [0.05, 0.1) is 16.8 Å². The number of nitrogens with zero attached hydrogens (tertiary/aromatic N) is 2. The van der Waals surface area contributed by atoms with Crippen molar-refractivity contribution in [3.8, 4) is 6.07 Å². The summed E-state index contributed by atoms with van der Waals surface area (Å²) < 4.78 is 0. The number of nitrogens with one attached hydrogen (secondary N) is 1. The SMILES string of the molecule is CCCC(C#N)C(=O)NCCc1csc(C)n1. The van der Waals surface area contributed by atoms with Crippen LogP contribution in [0.15, 0.2) is 5.38 Å². The molecule has 0 aliphatic rings. The van der Waals surface area contributed by atoms with E-state index < -0.39 is 5.92 Å². The number of hydrogen-bond donors (Lipinski definition) is 1. The van der Waals surface area contributed by atoms with E-state index in [0.29, 0.717) is 13.0 Å². The first-order valence-electron chi connectivity index (χ1n) is 5.75. The first-order valence-corrected chi connectivity index (χ1v) is 6.63. The molecule has 92 valence electrons. The third-order valence-electron chi connectivity index (χ3n) is 2.40. The summed E-state index contributed by atoms with van der Waals surface area (Å²) in [7, 11) is 0. The molecule has 0 saturated carbocycles. The number of carbonyl (C=O) groups is 1. The Hall–Kier alpha value is -1.41. The second-order valence-corrected chi connectivity index (χ2v) is 4.93. The van der Waals surface area contributed by atoms with Gasteiger partial charge in [-0.1, -0.05) is 13.3 Å². The van der Waals surface area contributed by atoms with Crippen LogP contribution in [0.3, 0.4) is 0 Å². The van der Waals surface area contributed by atoms with Crippen LogP contribution in [0.1, 0.15) is 30.5 Å². The van der Waals surface area contributed by atoms with Crippen molar-refractivity contribution in [2.45, 2.75) is 33.1 Å². The van der Waals surface area contributed by atoms with Gasteiger partial charge in [-0.05, 0) is 13.3 Å². The number of hydrogen-bond acceptors (Lipinski definition) is 4. The van der Waals surface area contributed by atoms with E-state index in [0.717, 1.165) is 23.5 Å². The molecule has 0 radical (unpaired) electrons. The molecule has 1 aromatic rings. The summed E-state index contributed by atoms with van der Waals surface area (Å²) in [4.78, 5) is 15.9. The molecule has 0 saturated heterocycles. The lowest BCUT2D eigenvalue weighted by molar-refractivity contribution is -0.123. The third-order valence-corrected chi connectivity index (χ3v) is 3.22. The highest BCUT2D eigenvalue weighted by molar-refractivity contribution is 7.09. The fraction of sp³-hybridized carbons (Fsp3) is 0.583. The molecule has 0 fully saturated rings. The molecule has 0 aliphatic carbocycles. The molecule has 1 amide bonds. The zero-order valence-corrected chi connectivity index (χ0v) is 11.0. The lowest BCUT2D eigenvalue weighted by Gasteiger charge is -2.08. The van der Waals surface area contributed by atoms with Crippen LogP contribution in [0.4, 0.5) is 0 Å². The topological polar surface area (TPSA) is 65.8 Å². The minimum Gasteiger partial charge on any atom is -0.355 e. The number of thiazole rings is 1. The van der Waals surface area contributed by atoms with Gasteiger partial charge in [-0.15, -0.1) is 11.3 Å². The molecular formula is C12H17N3OS. The molecule has 1 rings (SSSR count). The van der Waals surface area contributed by atoms with Crippen LogP contribution in [0.2, 0.25) is 0 Å². The molecule has 0 spiro atoms. The van der Waals surface area contributed by atoms with E-state index in [2.05, 4.69) is 10.3 Å². The maximum atomic E-state index is 11.6. The third kappa shape index (κ3) is 4.53. The summed E-state index contributed by atoms with van der Waals surface area (Å²) in [5.74, 6) is -0.682. The Kier molecular flexibility index (Phi) is 5.64. The van der Waals surface area contributed by atoms with Crippen LogP contribution >= 0.6 is 11.3 Å². The van der Waals surface area contributed by atoms with Gasteiger partial charge in [-0.25, -0.2) is 4.98 Å². The molecule has 4 nitrogen and oxygen atoms in total. The van der Waals surface area contributed by atoms with Crippen LogP contribution in [0.5, 0.6) is 0 Å². The molecule has 1 heterocycles. The second-order valence-electron chi connectivity index (χ2n) is 3.87. The largest absolute Gasteiger partial charge is 0.355 e. The average Bonchev–Trinajstić information content (AvgIpc) is 2.71. The number of rotatable bonds is 6. The van der Waals surface area contributed by atoms with Crippen molar-refractivity contribution in [2.75, 3.05) is 6.54 Å². The summed E-state index contributed by atoms with van der Waals surface area (Å²) >= 11 is 1.61. The molecule has 17 heavy (non-hydrogen) atoms. The molecule has 1 atom stereocenters. The van der Waals surface area contributed by atoms with Gasteiger partial charge >= 0.3 is 0 Å². The van der Waals surface area contributed by atoms with E-state index in [4.69, 9.17) is 5.26 Å². The highest BCUT2D eigenvalue weighted by Crippen LogP contribution is 2.08. The van der Waals surface area contributed by atoms with Crippen molar-refractivity contribution in [3.63, 3.8) is 0 Å². The molecular weight excluding hydrogens is 234 g/mol. The number of amides is 1. The monoisotopic (exact) mass is 251 g/mol. The summed E-state index contributed by atoms with van der Waals surface area (Å²) in [5, 5.41) is 14.6. The van der Waals surface area contributed by atoms with Crippen molar-refractivity contribution in [1.82, 2.24) is 10.3 Å². The van der Waals surface area contributed by atoms with Gasteiger partial charge in [0.15, 0.2) is 0 Å². The summed E-state index contributed by atoms with van der Waals surface area (Å²) in [6.07, 6.45) is 2.19. The molecule has 0 aromatic carbocycles. The van der Waals surface area contributed by atoms with Crippen molar-refractivity contribution in [3.05, 3.63) is 16.1 Å². The first kappa shape index (κ1) is 13.7. The minimum absolute atomic E-state index is 0.165. The van der Waals surface area contributed by atoms with Crippen molar-refractivity contribution in [2.24, 2.45) is 5.92 Å². The Morgan fingerprint density at radius 3 is 3.00 bits per heavy atom. The Labute approximate surface area is 106 Å². The van der Waals surface area contributed by atoms with Gasteiger partial charge in [0.25, 0.3) is 0 Å². The molecule has 1 N–H and O–H groups in total. The predicted octanol–water partition coefficient (Wildman–Crippen LogP) is 2.05. The van der Waals surface area contributed by atoms with Crippen LogP contribution in [-0.2, 0) is 11.2 Å². The number of nitriles is 1. The molecule has 0 aliphatic heterocycles. The molecule has 0 bridgehead atoms. The Morgan fingerprint density at radius 1 is 1.71 bits per heavy atom. The highest BCUT2D eigenvalue weighted by atomic mass is 32.1. The van der Waals surface area contributed by atoms with Crippen molar-refractivity contribution >= 4 is 17.2 Å². The molecule has 1 aromatic heterocycles. The van der Waals surface area contributed by atoms with Gasteiger partial charge < -0.3 is 5.32 Å². The number of carbonyl (C=O) groups excluding carboxylic acids is 1. The molecule has 1 unspecified atom stereocenters. The highest BCUT2D eigenvalue weighted by Gasteiger charge is 2.15. The molecule has 5 heteroatoms. The van der Waals surface area contributed by atoms with E-state index in [1.54, 1.807) is 11.3 Å². The average molecular weight is 251 g/mol. The normalized spacial score (nSPS) is 11.8. The second kappa shape index (κ2) is 7.02. The van der Waals surface area contributed by atoms with E-state index in [-0.39, 0.29) is 5.91 Å². The Bertz CT molecular complexity index is 408. The lowest BCUT2D eigenvalue weighted by Crippen LogP contribution is -2.31. The van der Waals surface area contributed by atoms with Crippen molar-refractivity contribution < 1.29 is 4.79 Å². The summed E-state index contributed by atoms with van der Waals surface area (Å²) in [6.45, 7) is 4.47. The Balaban J connectivity index is 2.31. The quantitative estimate of drug-likeness (QED) is 0.841. The number of aromatic nitrogens is 1. The fourth-order valence-corrected chi connectivity index (χ4v) is 2.15. The minimum atomic E-state index is -0.517. The standard InChI is InChI=1S/C12H17N3OS/c1-3-4-10(7-13)12(16)14-6-5-11-8-17-9(2)15-11/h8,10H,3-6H2,1-2H3,(H,14,16). The zero-order valence-electron chi connectivity index (χ0n) is 10.2. The maximum absolute atomic E-state index is 11.6. The first-order chi connectivity index (χ1) is 8.17. The fourth-order valence-electron chi connectivity index (χ4n) is 1.50. The van der Waals surface area contributed by atoms with Crippen molar-refractivity contribution in [1.29, 1.82) is 5.26 Å². The van der Waals surface area contributed by atoms with Gasteiger partial charge in [0, 0.05) is 18.3 Å². The Morgan fingerprint density at radius 2 is 2.47 bits per heavy atom. The zero-order chi connectivity index (χ0) is 12.7. The predicted molar refractivity (Wildman–Crippen MR) is 67.6 cm³/mol. The van der Waals surface area contributed by atoms with E-state index in [1.807, 2.05) is 25.3 Å².